The van der Waals surface area contributed by atoms with Crippen molar-refractivity contribution in [3.8, 4) is 0 Å². The van der Waals surface area contributed by atoms with Gasteiger partial charge in [0.1, 0.15) is 0 Å². The van der Waals surface area contributed by atoms with Gasteiger partial charge >= 0.3 is 0 Å². The van der Waals surface area contributed by atoms with Crippen LogP contribution in [0.15, 0.2) is 18.2 Å². The highest BCUT2D eigenvalue weighted by molar-refractivity contribution is 6.31. The minimum Gasteiger partial charge on any atom is -0.350 e. The molecule has 0 saturated carbocycles. The molecule has 6 heteroatoms. The lowest BCUT2D eigenvalue weighted by atomic mass is 9.98. The molecule has 1 aromatic rings. The SMILES string of the molecule is CC(C)(CNC(=O)c1ccc(Cl)cc1N1CCCC1=O)N1CCCCC1. The smallest absolute Gasteiger partial charge is 0.253 e. The van der Waals surface area contributed by atoms with E-state index in [0.717, 1.165) is 19.5 Å². The Morgan fingerprint density at radius 3 is 2.54 bits per heavy atom. The van der Waals surface area contributed by atoms with Crippen LogP contribution in [0.3, 0.4) is 0 Å². The maximum Gasteiger partial charge on any atom is 0.253 e. The lowest BCUT2D eigenvalue weighted by molar-refractivity contribution is -0.117. The highest BCUT2D eigenvalue weighted by atomic mass is 35.5. The fourth-order valence-electron chi connectivity index (χ4n) is 3.83. The van der Waals surface area contributed by atoms with E-state index in [1.54, 1.807) is 23.1 Å². The average molecular weight is 378 g/mol. The van der Waals surface area contributed by atoms with Gasteiger partial charge in [-0.15, -0.1) is 0 Å². The molecule has 0 spiro atoms. The van der Waals surface area contributed by atoms with Gasteiger partial charge in [0.15, 0.2) is 0 Å². The highest BCUT2D eigenvalue weighted by Gasteiger charge is 2.30. The fourth-order valence-corrected chi connectivity index (χ4v) is 3.99. The van der Waals surface area contributed by atoms with Gasteiger partial charge in [0, 0.05) is 30.1 Å². The molecule has 2 aliphatic heterocycles. The largest absolute Gasteiger partial charge is 0.350 e. The molecular formula is C20H28ClN3O2. The number of halogens is 1. The van der Waals surface area contributed by atoms with Crippen LogP contribution < -0.4 is 10.2 Å². The number of rotatable bonds is 5. The molecule has 2 saturated heterocycles. The molecule has 142 valence electrons. The number of nitrogens with zero attached hydrogens (tertiary/aromatic N) is 2. The van der Waals surface area contributed by atoms with E-state index >= 15 is 0 Å². The van der Waals surface area contributed by atoms with Gasteiger partial charge in [-0.25, -0.2) is 0 Å². The summed E-state index contributed by atoms with van der Waals surface area (Å²) in [5, 5.41) is 3.61. The number of carbonyl (C=O) groups excluding carboxylic acids is 2. The summed E-state index contributed by atoms with van der Waals surface area (Å²) in [6.07, 6.45) is 5.06. The van der Waals surface area contributed by atoms with Crippen LogP contribution in [-0.2, 0) is 4.79 Å². The van der Waals surface area contributed by atoms with E-state index in [2.05, 4.69) is 24.1 Å². The normalized spacial score (nSPS) is 19.0. The average Bonchev–Trinajstić information content (AvgIpc) is 3.06. The second-order valence-corrected chi connectivity index (χ2v) is 8.29. The Kier molecular flexibility index (Phi) is 5.88. The lowest BCUT2D eigenvalue weighted by Crippen LogP contribution is -2.53. The third-order valence-electron chi connectivity index (χ3n) is 5.46. The minimum absolute atomic E-state index is 0.0509. The van der Waals surface area contributed by atoms with Crippen molar-refractivity contribution in [1.29, 1.82) is 0 Å². The number of likely N-dealkylation sites (tertiary alicyclic amines) is 1. The third-order valence-corrected chi connectivity index (χ3v) is 5.70. The molecule has 26 heavy (non-hydrogen) atoms. The van der Waals surface area contributed by atoms with Crippen LogP contribution in [0.25, 0.3) is 0 Å². The number of hydrogen-bond donors (Lipinski definition) is 1. The molecule has 2 heterocycles. The van der Waals surface area contributed by atoms with Crippen LogP contribution in [0.5, 0.6) is 0 Å². The minimum atomic E-state index is -0.151. The molecule has 2 amide bonds. The van der Waals surface area contributed by atoms with Gasteiger partial charge < -0.3 is 10.2 Å². The second-order valence-electron chi connectivity index (χ2n) is 7.85. The first-order valence-electron chi connectivity index (χ1n) is 9.52. The van der Waals surface area contributed by atoms with Crippen LogP contribution >= 0.6 is 11.6 Å². The molecule has 0 aliphatic carbocycles. The summed E-state index contributed by atoms with van der Waals surface area (Å²) in [5.41, 5.74) is 1.04. The Balaban J connectivity index is 1.72. The van der Waals surface area contributed by atoms with E-state index < -0.39 is 0 Å². The van der Waals surface area contributed by atoms with Crippen molar-refractivity contribution in [2.75, 3.05) is 31.1 Å². The third kappa shape index (κ3) is 4.21. The summed E-state index contributed by atoms with van der Waals surface area (Å²) in [7, 11) is 0. The van der Waals surface area contributed by atoms with Gasteiger partial charge in [0.25, 0.3) is 5.91 Å². The van der Waals surface area contributed by atoms with Gasteiger partial charge in [-0.3, -0.25) is 14.5 Å². The Morgan fingerprint density at radius 2 is 1.88 bits per heavy atom. The molecule has 1 aromatic carbocycles. The van der Waals surface area contributed by atoms with Crippen LogP contribution in [0.1, 0.15) is 56.3 Å². The monoisotopic (exact) mass is 377 g/mol. The van der Waals surface area contributed by atoms with E-state index in [4.69, 9.17) is 11.6 Å². The molecule has 0 aromatic heterocycles. The number of benzene rings is 1. The fraction of sp³-hybridized carbons (Fsp3) is 0.600. The van der Waals surface area contributed by atoms with Gasteiger partial charge in [-0.05, 0) is 64.4 Å². The van der Waals surface area contributed by atoms with E-state index in [0.29, 0.717) is 35.8 Å². The van der Waals surface area contributed by atoms with E-state index in [1.165, 1.54) is 19.3 Å². The van der Waals surface area contributed by atoms with Crippen molar-refractivity contribution in [2.24, 2.45) is 0 Å². The molecule has 5 nitrogen and oxygen atoms in total. The van der Waals surface area contributed by atoms with Gasteiger partial charge in [0.2, 0.25) is 5.91 Å². The van der Waals surface area contributed by atoms with Gasteiger partial charge in [-0.1, -0.05) is 18.0 Å². The summed E-state index contributed by atoms with van der Waals surface area (Å²) in [6.45, 7) is 7.71. The summed E-state index contributed by atoms with van der Waals surface area (Å²) in [6, 6.07) is 5.14. The first-order valence-corrected chi connectivity index (χ1v) is 9.89. The Morgan fingerprint density at radius 1 is 1.15 bits per heavy atom. The summed E-state index contributed by atoms with van der Waals surface area (Å²) in [5.74, 6) is -0.101. The first-order chi connectivity index (χ1) is 12.4. The summed E-state index contributed by atoms with van der Waals surface area (Å²) >= 11 is 6.12. The molecular weight excluding hydrogens is 350 g/mol. The Bertz CT molecular complexity index is 684. The molecule has 1 N–H and O–H groups in total. The number of anilines is 1. The van der Waals surface area contributed by atoms with E-state index in [9.17, 15) is 9.59 Å². The van der Waals surface area contributed by atoms with Crippen LogP contribution in [0.4, 0.5) is 5.69 Å². The second kappa shape index (κ2) is 7.97. The number of carbonyl (C=O) groups is 2. The zero-order valence-corrected chi connectivity index (χ0v) is 16.4. The zero-order valence-electron chi connectivity index (χ0n) is 15.7. The summed E-state index contributed by atoms with van der Waals surface area (Å²) < 4.78 is 0. The van der Waals surface area contributed by atoms with Crippen molar-refractivity contribution in [1.82, 2.24) is 10.2 Å². The first kappa shape index (κ1) is 19.2. The predicted octanol–water partition coefficient (Wildman–Crippen LogP) is 3.46. The number of amides is 2. The number of piperidine rings is 1. The van der Waals surface area contributed by atoms with Crippen molar-refractivity contribution in [3.63, 3.8) is 0 Å². The number of hydrogen-bond acceptors (Lipinski definition) is 3. The topological polar surface area (TPSA) is 52.7 Å². The van der Waals surface area contributed by atoms with Crippen LogP contribution in [0.2, 0.25) is 5.02 Å². The van der Waals surface area contributed by atoms with Gasteiger partial charge in [-0.2, -0.15) is 0 Å². The van der Waals surface area contributed by atoms with Crippen molar-refractivity contribution in [3.05, 3.63) is 28.8 Å². The highest BCUT2D eigenvalue weighted by Crippen LogP contribution is 2.29. The number of nitrogens with one attached hydrogen (secondary N) is 1. The Hall–Kier alpha value is -1.59. The van der Waals surface area contributed by atoms with Crippen molar-refractivity contribution in [2.45, 2.75) is 51.5 Å². The quantitative estimate of drug-likeness (QED) is 0.854. The molecule has 3 rings (SSSR count). The van der Waals surface area contributed by atoms with Crippen LogP contribution in [0, 0.1) is 0 Å². The molecule has 2 fully saturated rings. The van der Waals surface area contributed by atoms with E-state index in [1.807, 2.05) is 0 Å². The standard InChI is InChI=1S/C20H28ClN3O2/c1-20(2,23-10-4-3-5-11-23)14-22-19(26)16-9-8-15(21)13-17(16)24-12-6-7-18(24)25/h8-9,13H,3-7,10-12,14H2,1-2H3,(H,22,26). The van der Waals surface area contributed by atoms with E-state index in [-0.39, 0.29) is 17.4 Å². The van der Waals surface area contributed by atoms with Gasteiger partial charge in [0.05, 0.1) is 11.3 Å². The van der Waals surface area contributed by atoms with Crippen LogP contribution in [-0.4, -0.2) is 48.4 Å². The maximum atomic E-state index is 12.9. The molecule has 0 unspecified atom stereocenters. The predicted molar refractivity (Wildman–Crippen MR) is 105 cm³/mol. The maximum absolute atomic E-state index is 12.9. The molecule has 0 radical (unpaired) electrons. The molecule has 0 atom stereocenters. The molecule has 2 aliphatic rings. The van der Waals surface area contributed by atoms with Crippen molar-refractivity contribution < 1.29 is 9.59 Å². The summed E-state index contributed by atoms with van der Waals surface area (Å²) in [4.78, 5) is 29.1. The molecule has 0 bridgehead atoms. The lowest BCUT2D eigenvalue weighted by Gasteiger charge is -2.41. The zero-order chi connectivity index (χ0) is 18.7. The Labute approximate surface area is 160 Å². The van der Waals surface area contributed by atoms with Crippen molar-refractivity contribution >= 4 is 29.1 Å².